The lowest BCUT2D eigenvalue weighted by atomic mass is 9.74. The third-order valence-corrected chi connectivity index (χ3v) is 6.46. The normalized spacial score (nSPS) is 25.0. The zero-order chi connectivity index (χ0) is 19.8. The van der Waals surface area contributed by atoms with Crippen LogP contribution < -0.4 is 5.32 Å². The number of likely N-dealkylation sites (tertiary alicyclic amines) is 1. The molecule has 1 N–H and O–H groups in total. The van der Waals surface area contributed by atoms with Crippen LogP contribution in [0.25, 0.3) is 6.08 Å². The van der Waals surface area contributed by atoms with Crippen LogP contribution in [0.5, 0.6) is 0 Å². The van der Waals surface area contributed by atoms with Gasteiger partial charge in [-0.2, -0.15) is 0 Å². The maximum Gasteiger partial charge on any atom is 0.254 e. The number of amides is 2. The van der Waals surface area contributed by atoms with Crippen molar-refractivity contribution in [3.63, 3.8) is 0 Å². The molecule has 0 radical (unpaired) electrons. The van der Waals surface area contributed by atoms with Crippen LogP contribution in [0.1, 0.15) is 35.6 Å². The molecule has 0 saturated carbocycles. The number of nitrogens with zero attached hydrogens (tertiary/aromatic N) is 1. The predicted molar refractivity (Wildman–Crippen MR) is 110 cm³/mol. The molecule has 2 aliphatic heterocycles. The van der Waals surface area contributed by atoms with Gasteiger partial charge in [-0.25, -0.2) is 0 Å². The largest absolute Gasteiger partial charge is 0.356 e. The first kappa shape index (κ1) is 18.1. The van der Waals surface area contributed by atoms with Crippen molar-refractivity contribution in [3.8, 4) is 0 Å². The zero-order valence-electron chi connectivity index (χ0n) is 16.2. The molecule has 5 heteroatoms. The summed E-state index contributed by atoms with van der Waals surface area (Å²) in [5.41, 5.74) is 3.58. The minimum absolute atomic E-state index is 0.0356. The molecule has 2 heterocycles. The number of piperidine rings is 1. The standard InChI is InChI=1S/C24H24N2O3/c27-20-16-29-22(21(25-20)18-7-2-1-3-8-18)23(28)26-14-12-24(13-15-26)11-10-17-6-4-5-9-19(17)24/h1-11,21-22H,12-16H2,(H,25,27)/t21-,22+/m1/s1. The second-order valence-electron chi connectivity index (χ2n) is 8.09. The summed E-state index contributed by atoms with van der Waals surface area (Å²) < 4.78 is 5.73. The fraction of sp³-hybridized carbons (Fsp3) is 0.333. The molecule has 2 atom stereocenters. The highest BCUT2D eigenvalue weighted by Crippen LogP contribution is 2.43. The van der Waals surface area contributed by atoms with Gasteiger partial charge in [0.1, 0.15) is 6.61 Å². The third-order valence-electron chi connectivity index (χ3n) is 6.46. The number of benzene rings is 2. The molecule has 2 aromatic carbocycles. The molecule has 5 nitrogen and oxygen atoms in total. The predicted octanol–water partition coefficient (Wildman–Crippen LogP) is 2.83. The Morgan fingerprint density at radius 2 is 1.76 bits per heavy atom. The molecule has 29 heavy (non-hydrogen) atoms. The van der Waals surface area contributed by atoms with E-state index in [0.717, 1.165) is 18.4 Å². The van der Waals surface area contributed by atoms with E-state index in [9.17, 15) is 9.59 Å². The number of hydrogen-bond donors (Lipinski definition) is 1. The lowest BCUT2D eigenvalue weighted by Crippen LogP contribution is -2.55. The van der Waals surface area contributed by atoms with Crippen LogP contribution in [-0.2, 0) is 19.7 Å². The third kappa shape index (κ3) is 3.15. The Morgan fingerprint density at radius 3 is 2.55 bits per heavy atom. The van der Waals surface area contributed by atoms with Gasteiger partial charge in [-0.05, 0) is 29.5 Å². The first-order valence-corrected chi connectivity index (χ1v) is 10.2. The summed E-state index contributed by atoms with van der Waals surface area (Å²) in [5.74, 6) is -0.225. The van der Waals surface area contributed by atoms with Gasteiger partial charge >= 0.3 is 0 Å². The van der Waals surface area contributed by atoms with Crippen molar-refractivity contribution in [1.29, 1.82) is 0 Å². The van der Waals surface area contributed by atoms with E-state index < -0.39 is 12.1 Å². The summed E-state index contributed by atoms with van der Waals surface area (Å²) in [6, 6.07) is 17.7. The molecular weight excluding hydrogens is 364 g/mol. The van der Waals surface area contributed by atoms with Crippen molar-refractivity contribution in [1.82, 2.24) is 10.2 Å². The van der Waals surface area contributed by atoms with Gasteiger partial charge in [-0.3, -0.25) is 9.59 Å². The number of rotatable bonds is 2. The molecule has 5 rings (SSSR count). The number of hydrogen-bond acceptors (Lipinski definition) is 3. The van der Waals surface area contributed by atoms with E-state index in [1.807, 2.05) is 35.2 Å². The number of ether oxygens (including phenoxy) is 1. The number of carbonyl (C=O) groups is 2. The summed E-state index contributed by atoms with van der Waals surface area (Å²) in [4.78, 5) is 27.1. The van der Waals surface area contributed by atoms with Crippen LogP contribution in [-0.4, -0.2) is 42.5 Å². The highest BCUT2D eigenvalue weighted by atomic mass is 16.5. The molecular formula is C24H24N2O3. The maximum absolute atomic E-state index is 13.3. The lowest BCUT2D eigenvalue weighted by Gasteiger charge is -2.42. The smallest absolute Gasteiger partial charge is 0.254 e. The summed E-state index contributed by atoms with van der Waals surface area (Å²) in [5, 5.41) is 2.94. The minimum atomic E-state index is -0.685. The Morgan fingerprint density at radius 1 is 1.03 bits per heavy atom. The topological polar surface area (TPSA) is 58.6 Å². The Bertz CT molecular complexity index is 961. The van der Waals surface area contributed by atoms with Crippen molar-refractivity contribution in [2.45, 2.75) is 30.4 Å². The Balaban J connectivity index is 1.33. The number of fused-ring (bicyclic) bond motifs is 2. The van der Waals surface area contributed by atoms with E-state index in [2.05, 4.69) is 41.7 Å². The average Bonchev–Trinajstić information content (AvgIpc) is 3.13. The van der Waals surface area contributed by atoms with Gasteiger partial charge in [0.05, 0.1) is 6.04 Å². The van der Waals surface area contributed by atoms with Crippen molar-refractivity contribution in [3.05, 3.63) is 77.4 Å². The number of nitrogens with one attached hydrogen (secondary N) is 1. The van der Waals surface area contributed by atoms with Crippen LogP contribution in [0.4, 0.5) is 0 Å². The summed E-state index contributed by atoms with van der Waals surface area (Å²) in [6.07, 6.45) is 5.64. The molecule has 0 aromatic heterocycles. The van der Waals surface area contributed by atoms with Gasteiger partial charge in [-0.1, -0.05) is 66.7 Å². The molecule has 2 saturated heterocycles. The van der Waals surface area contributed by atoms with Crippen molar-refractivity contribution in [2.75, 3.05) is 19.7 Å². The molecule has 3 aliphatic rings. The second-order valence-corrected chi connectivity index (χ2v) is 8.09. The van der Waals surface area contributed by atoms with E-state index >= 15 is 0 Å². The van der Waals surface area contributed by atoms with Crippen molar-refractivity contribution >= 4 is 17.9 Å². The highest BCUT2D eigenvalue weighted by molar-refractivity contribution is 5.86. The minimum Gasteiger partial charge on any atom is -0.356 e. The van der Waals surface area contributed by atoms with Crippen molar-refractivity contribution in [2.24, 2.45) is 0 Å². The molecule has 2 amide bonds. The van der Waals surface area contributed by atoms with E-state index in [1.165, 1.54) is 11.1 Å². The molecule has 1 spiro atoms. The highest BCUT2D eigenvalue weighted by Gasteiger charge is 2.43. The second kappa shape index (κ2) is 7.16. The number of allylic oxidation sites excluding steroid dienone is 1. The fourth-order valence-electron chi connectivity index (χ4n) is 4.86. The molecule has 148 valence electrons. The van der Waals surface area contributed by atoms with Crippen LogP contribution in [0.15, 0.2) is 60.7 Å². The van der Waals surface area contributed by atoms with Gasteiger partial charge in [0.2, 0.25) is 5.91 Å². The Kier molecular flexibility index (Phi) is 4.47. The van der Waals surface area contributed by atoms with E-state index in [0.29, 0.717) is 13.1 Å². The molecule has 0 bridgehead atoms. The monoisotopic (exact) mass is 388 g/mol. The average molecular weight is 388 g/mol. The Hall–Kier alpha value is -2.92. The molecule has 2 fully saturated rings. The number of morpholine rings is 1. The van der Waals surface area contributed by atoms with Crippen LogP contribution in [0.2, 0.25) is 0 Å². The van der Waals surface area contributed by atoms with Crippen LogP contribution in [0, 0.1) is 0 Å². The van der Waals surface area contributed by atoms with Gasteiger partial charge < -0.3 is 15.0 Å². The SMILES string of the molecule is O=C1CO[C@H](C(=O)N2CCC3(C=Cc4ccccc43)CC2)[C@@H](c2ccccc2)N1. The quantitative estimate of drug-likeness (QED) is 0.861. The van der Waals surface area contributed by atoms with E-state index in [4.69, 9.17) is 4.74 Å². The molecule has 0 unspecified atom stereocenters. The molecule has 2 aromatic rings. The first-order chi connectivity index (χ1) is 14.2. The van der Waals surface area contributed by atoms with Gasteiger partial charge in [-0.15, -0.1) is 0 Å². The van der Waals surface area contributed by atoms with E-state index in [1.54, 1.807) is 0 Å². The van der Waals surface area contributed by atoms with Gasteiger partial charge in [0.25, 0.3) is 5.91 Å². The zero-order valence-corrected chi connectivity index (χ0v) is 16.2. The number of carbonyl (C=O) groups excluding carboxylic acids is 2. The van der Waals surface area contributed by atoms with E-state index in [-0.39, 0.29) is 23.8 Å². The summed E-state index contributed by atoms with van der Waals surface area (Å²) >= 11 is 0. The van der Waals surface area contributed by atoms with Crippen LogP contribution >= 0.6 is 0 Å². The summed E-state index contributed by atoms with van der Waals surface area (Å²) in [7, 11) is 0. The summed E-state index contributed by atoms with van der Waals surface area (Å²) in [6.45, 7) is 1.30. The van der Waals surface area contributed by atoms with Gasteiger partial charge in [0.15, 0.2) is 6.10 Å². The Labute approximate surface area is 170 Å². The van der Waals surface area contributed by atoms with Crippen molar-refractivity contribution < 1.29 is 14.3 Å². The molecule has 1 aliphatic carbocycles. The van der Waals surface area contributed by atoms with Crippen LogP contribution in [0.3, 0.4) is 0 Å². The lowest BCUT2D eigenvalue weighted by molar-refractivity contribution is -0.156. The van der Waals surface area contributed by atoms with Gasteiger partial charge in [0, 0.05) is 18.5 Å². The maximum atomic E-state index is 13.3. The fourth-order valence-corrected chi connectivity index (χ4v) is 4.86. The first-order valence-electron chi connectivity index (χ1n) is 10.2.